The Labute approximate surface area is 173 Å². The van der Waals surface area contributed by atoms with E-state index < -0.39 is 10.0 Å². The number of carbonyl (C=O) groups is 1. The van der Waals surface area contributed by atoms with Crippen molar-refractivity contribution in [2.45, 2.75) is 31.1 Å². The first kappa shape index (κ1) is 21.3. The lowest BCUT2D eigenvalue weighted by molar-refractivity contribution is -0.134. The molecule has 0 N–H and O–H groups in total. The van der Waals surface area contributed by atoms with Crippen LogP contribution in [-0.2, 0) is 20.2 Å². The van der Waals surface area contributed by atoms with Gasteiger partial charge in [-0.2, -0.15) is 4.31 Å². The van der Waals surface area contributed by atoms with E-state index in [-0.39, 0.29) is 35.9 Å². The van der Waals surface area contributed by atoms with Crippen LogP contribution in [0.15, 0.2) is 59.5 Å². The highest BCUT2D eigenvalue weighted by Crippen LogP contribution is 2.25. The maximum absolute atomic E-state index is 12.9. The van der Waals surface area contributed by atoms with Crippen LogP contribution in [0.25, 0.3) is 0 Å². The van der Waals surface area contributed by atoms with Gasteiger partial charge in [0.2, 0.25) is 10.0 Å². The van der Waals surface area contributed by atoms with Crippen molar-refractivity contribution < 1.29 is 17.9 Å². The third-order valence-electron chi connectivity index (χ3n) is 5.05. The Bertz CT molecular complexity index is 927. The van der Waals surface area contributed by atoms with E-state index in [1.807, 2.05) is 30.3 Å². The van der Waals surface area contributed by atoms with Gasteiger partial charge < -0.3 is 9.64 Å². The summed E-state index contributed by atoms with van der Waals surface area (Å²) in [7, 11) is -3.56. The van der Waals surface area contributed by atoms with Gasteiger partial charge in [-0.25, -0.2) is 8.42 Å². The van der Waals surface area contributed by atoms with Gasteiger partial charge in [0.1, 0.15) is 5.75 Å². The molecule has 6 nitrogen and oxygen atoms in total. The largest absolute Gasteiger partial charge is 0.484 e. The van der Waals surface area contributed by atoms with E-state index >= 15 is 0 Å². The van der Waals surface area contributed by atoms with Gasteiger partial charge in [-0.05, 0) is 35.2 Å². The second-order valence-corrected chi connectivity index (χ2v) is 10.1. The van der Waals surface area contributed by atoms with Gasteiger partial charge in [-0.3, -0.25) is 4.79 Å². The molecule has 0 bridgehead atoms. The van der Waals surface area contributed by atoms with Gasteiger partial charge >= 0.3 is 0 Å². The average molecular weight is 417 g/mol. The zero-order valence-electron chi connectivity index (χ0n) is 17.2. The lowest BCUT2D eigenvalue weighted by Crippen LogP contribution is -2.51. The van der Waals surface area contributed by atoms with E-state index in [0.717, 1.165) is 5.56 Å². The van der Waals surface area contributed by atoms with Crippen molar-refractivity contribution in [2.75, 3.05) is 32.8 Å². The minimum atomic E-state index is -3.56. The minimum absolute atomic E-state index is 0.0316. The number of ether oxygens (including phenoxy) is 1. The van der Waals surface area contributed by atoms with Crippen LogP contribution in [0.1, 0.15) is 26.3 Å². The SMILES string of the molecule is CC(C)(C)c1ccc(S(=O)(=O)N2CCN(C(=O)COc3ccccc3)CC2)cc1. The van der Waals surface area contributed by atoms with Crippen LogP contribution in [0.3, 0.4) is 0 Å². The lowest BCUT2D eigenvalue weighted by Gasteiger charge is -2.34. The van der Waals surface area contributed by atoms with E-state index in [9.17, 15) is 13.2 Å². The number of para-hydroxylation sites is 1. The van der Waals surface area contributed by atoms with E-state index in [0.29, 0.717) is 18.8 Å². The lowest BCUT2D eigenvalue weighted by atomic mass is 9.87. The Morgan fingerprint density at radius 2 is 1.52 bits per heavy atom. The van der Waals surface area contributed by atoms with Crippen LogP contribution in [0, 0.1) is 0 Å². The molecule has 7 heteroatoms. The molecular formula is C22H28N2O4S. The molecule has 0 aliphatic carbocycles. The summed E-state index contributed by atoms with van der Waals surface area (Å²) in [6, 6.07) is 16.2. The van der Waals surface area contributed by atoms with Crippen molar-refractivity contribution in [3.05, 3.63) is 60.2 Å². The van der Waals surface area contributed by atoms with Crippen LogP contribution in [0.5, 0.6) is 5.75 Å². The summed E-state index contributed by atoms with van der Waals surface area (Å²) in [6.07, 6.45) is 0. The third-order valence-corrected chi connectivity index (χ3v) is 6.97. The van der Waals surface area contributed by atoms with Gasteiger partial charge in [-0.15, -0.1) is 0 Å². The number of rotatable bonds is 5. The summed E-state index contributed by atoms with van der Waals surface area (Å²) >= 11 is 0. The molecule has 1 saturated heterocycles. The number of hydrogen-bond donors (Lipinski definition) is 0. The quantitative estimate of drug-likeness (QED) is 0.752. The molecule has 0 unspecified atom stereocenters. The maximum Gasteiger partial charge on any atom is 0.260 e. The van der Waals surface area contributed by atoms with Crippen molar-refractivity contribution >= 4 is 15.9 Å². The van der Waals surface area contributed by atoms with Crippen molar-refractivity contribution in [3.63, 3.8) is 0 Å². The molecule has 1 aliphatic rings. The summed E-state index contributed by atoms with van der Waals surface area (Å²) < 4.78 is 32.8. The maximum atomic E-state index is 12.9. The Kier molecular flexibility index (Phi) is 6.29. The Hall–Kier alpha value is -2.38. The smallest absolute Gasteiger partial charge is 0.260 e. The fraction of sp³-hybridized carbons (Fsp3) is 0.409. The molecule has 2 aromatic carbocycles. The first-order valence-corrected chi connectivity index (χ1v) is 11.2. The van der Waals surface area contributed by atoms with Crippen LogP contribution >= 0.6 is 0 Å². The molecule has 1 amide bonds. The van der Waals surface area contributed by atoms with Crippen LogP contribution in [-0.4, -0.2) is 56.3 Å². The summed E-state index contributed by atoms with van der Waals surface area (Å²) in [5.41, 5.74) is 1.06. The number of amides is 1. The van der Waals surface area contributed by atoms with Gasteiger partial charge in [0.05, 0.1) is 4.90 Å². The highest BCUT2D eigenvalue weighted by Gasteiger charge is 2.30. The molecule has 0 aromatic heterocycles. The highest BCUT2D eigenvalue weighted by atomic mass is 32.2. The fourth-order valence-corrected chi connectivity index (χ4v) is 4.63. The zero-order valence-corrected chi connectivity index (χ0v) is 18.0. The van der Waals surface area contributed by atoms with E-state index in [1.165, 1.54) is 4.31 Å². The van der Waals surface area contributed by atoms with Crippen LogP contribution in [0.4, 0.5) is 0 Å². The summed E-state index contributed by atoms with van der Waals surface area (Å²) in [5, 5.41) is 0. The van der Waals surface area contributed by atoms with Crippen molar-refractivity contribution in [1.82, 2.24) is 9.21 Å². The van der Waals surface area contributed by atoms with Crippen molar-refractivity contribution in [2.24, 2.45) is 0 Å². The molecule has 3 rings (SSSR count). The molecular weight excluding hydrogens is 388 g/mol. The first-order chi connectivity index (χ1) is 13.7. The Morgan fingerprint density at radius 1 is 0.931 bits per heavy atom. The third kappa shape index (κ3) is 5.16. The van der Waals surface area contributed by atoms with E-state index in [4.69, 9.17) is 4.74 Å². The predicted octanol–water partition coefficient (Wildman–Crippen LogP) is 2.90. The Balaban J connectivity index is 1.57. The van der Waals surface area contributed by atoms with E-state index in [1.54, 1.807) is 29.2 Å². The number of nitrogens with zero attached hydrogens (tertiary/aromatic N) is 2. The van der Waals surface area contributed by atoms with Gasteiger partial charge in [0, 0.05) is 26.2 Å². The highest BCUT2D eigenvalue weighted by molar-refractivity contribution is 7.89. The average Bonchev–Trinajstić information content (AvgIpc) is 2.72. The van der Waals surface area contributed by atoms with Gasteiger partial charge in [-0.1, -0.05) is 51.1 Å². The number of benzene rings is 2. The summed E-state index contributed by atoms with van der Waals surface area (Å²) in [4.78, 5) is 14.3. The van der Waals surface area contributed by atoms with Crippen LogP contribution in [0.2, 0.25) is 0 Å². The molecule has 2 aromatic rings. The normalized spacial score (nSPS) is 15.9. The van der Waals surface area contributed by atoms with Gasteiger partial charge in [0.25, 0.3) is 5.91 Å². The molecule has 0 spiro atoms. The molecule has 0 radical (unpaired) electrons. The number of hydrogen-bond acceptors (Lipinski definition) is 4. The number of sulfonamides is 1. The first-order valence-electron chi connectivity index (χ1n) is 9.74. The van der Waals surface area contributed by atoms with Crippen molar-refractivity contribution in [3.8, 4) is 5.75 Å². The number of piperazine rings is 1. The number of carbonyl (C=O) groups excluding carboxylic acids is 1. The summed E-state index contributed by atoms with van der Waals surface area (Å²) in [6.45, 7) is 7.50. The van der Waals surface area contributed by atoms with Crippen molar-refractivity contribution in [1.29, 1.82) is 0 Å². The fourth-order valence-electron chi connectivity index (χ4n) is 3.21. The predicted molar refractivity (Wildman–Crippen MR) is 112 cm³/mol. The molecule has 1 fully saturated rings. The second-order valence-electron chi connectivity index (χ2n) is 8.16. The molecule has 156 valence electrons. The molecule has 29 heavy (non-hydrogen) atoms. The minimum Gasteiger partial charge on any atom is -0.484 e. The standard InChI is InChI=1S/C22H28N2O4S/c1-22(2,3)18-9-11-20(12-10-18)29(26,27)24-15-13-23(14-16-24)21(25)17-28-19-7-5-4-6-8-19/h4-12H,13-17H2,1-3H3. The molecule has 1 aliphatic heterocycles. The molecule has 1 heterocycles. The zero-order chi connectivity index (χ0) is 21.1. The van der Waals surface area contributed by atoms with E-state index in [2.05, 4.69) is 20.8 Å². The monoisotopic (exact) mass is 416 g/mol. The topological polar surface area (TPSA) is 66.9 Å². The second kappa shape index (κ2) is 8.55. The Morgan fingerprint density at radius 3 is 2.07 bits per heavy atom. The van der Waals surface area contributed by atoms with Crippen LogP contribution < -0.4 is 4.74 Å². The van der Waals surface area contributed by atoms with Gasteiger partial charge in [0.15, 0.2) is 6.61 Å². The molecule has 0 saturated carbocycles. The molecule has 0 atom stereocenters. The summed E-state index contributed by atoms with van der Waals surface area (Å²) in [5.74, 6) is 0.501.